The van der Waals surface area contributed by atoms with Gasteiger partial charge in [0, 0.05) is 23.4 Å². The van der Waals surface area contributed by atoms with E-state index in [1.807, 2.05) is 6.92 Å². The SMILES string of the molecule is CCCNC(=O)c1ccc(NC(=S)NC(=O)c2ccc(C(=O)OC)cc2)cc1. The first-order valence-electron chi connectivity index (χ1n) is 8.63. The van der Waals surface area contributed by atoms with E-state index in [1.165, 1.54) is 31.4 Å². The van der Waals surface area contributed by atoms with Crippen LogP contribution in [-0.4, -0.2) is 36.6 Å². The van der Waals surface area contributed by atoms with Crippen molar-refractivity contribution in [2.24, 2.45) is 0 Å². The van der Waals surface area contributed by atoms with Crippen molar-refractivity contribution in [1.29, 1.82) is 0 Å². The molecule has 0 heterocycles. The molecule has 0 aliphatic carbocycles. The molecule has 0 saturated carbocycles. The first-order chi connectivity index (χ1) is 13.4. The molecule has 0 aliphatic rings. The molecule has 28 heavy (non-hydrogen) atoms. The van der Waals surface area contributed by atoms with Crippen molar-refractivity contribution < 1.29 is 19.1 Å². The van der Waals surface area contributed by atoms with Gasteiger partial charge in [-0.3, -0.25) is 14.9 Å². The number of carbonyl (C=O) groups is 3. The lowest BCUT2D eigenvalue weighted by Gasteiger charge is -2.10. The number of nitrogens with one attached hydrogen (secondary N) is 3. The van der Waals surface area contributed by atoms with Gasteiger partial charge in [-0.15, -0.1) is 0 Å². The Balaban J connectivity index is 1.91. The smallest absolute Gasteiger partial charge is 0.337 e. The van der Waals surface area contributed by atoms with Crippen LogP contribution in [0.25, 0.3) is 0 Å². The van der Waals surface area contributed by atoms with Crippen molar-refractivity contribution in [3.63, 3.8) is 0 Å². The maximum absolute atomic E-state index is 12.2. The van der Waals surface area contributed by atoms with Crippen LogP contribution in [0.15, 0.2) is 48.5 Å². The van der Waals surface area contributed by atoms with Gasteiger partial charge in [0.15, 0.2) is 5.11 Å². The third-order valence-corrected chi connectivity index (χ3v) is 3.94. The number of anilines is 1. The molecular weight excluding hydrogens is 378 g/mol. The summed E-state index contributed by atoms with van der Waals surface area (Å²) in [6, 6.07) is 12.8. The number of hydrogen-bond acceptors (Lipinski definition) is 5. The van der Waals surface area contributed by atoms with Crippen LogP contribution >= 0.6 is 12.2 Å². The lowest BCUT2D eigenvalue weighted by atomic mass is 10.1. The summed E-state index contributed by atoms with van der Waals surface area (Å²) in [5.74, 6) is -1.03. The average molecular weight is 399 g/mol. The fraction of sp³-hybridized carbons (Fsp3) is 0.200. The van der Waals surface area contributed by atoms with Crippen LogP contribution < -0.4 is 16.0 Å². The second-order valence-electron chi connectivity index (χ2n) is 5.81. The van der Waals surface area contributed by atoms with Gasteiger partial charge in [0.1, 0.15) is 0 Å². The minimum Gasteiger partial charge on any atom is -0.465 e. The standard InChI is InChI=1S/C20H21N3O4S/c1-3-12-21-17(24)13-8-10-16(11-9-13)22-20(28)23-18(25)14-4-6-15(7-5-14)19(26)27-2/h4-11H,3,12H2,1-2H3,(H,21,24)(H2,22,23,25,28). The number of rotatable bonds is 6. The van der Waals surface area contributed by atoms with Gasteiger partial charge in [-0.25, -0.2) is 4.79 Å². The van der Waals surface area contributed by atoms with E-state index in [0.29, 0.717) is 28.9 Å². The van der Waals surface area contributed by atoms with Crippen molar-refractivity contribution >= 4 is 40.8 Å². The van der Waals surface area contributed by atoms with Crippen molar-refractivity contribution in [2.75, 3.05) is 19.0 Å². The summed E-state index contributed by atoms with van der Waals surface area (Å²) in [4.78, 5) is 35.5. The molecule has 2 amide bonds. The molecule has 146 valence electrons. The number of benzene rings is 2. The van der Waals surface area contributed by atoms with Crippen LogP contribution in [0, 0.1) is 0 Å². The Morgan fingerprint density at radius 2 is 1.43 bits per heavy atom. The molecule has 0 aliphatic heterocycles. The fourth-order valence-electron chi connectivity index (χ4n) is 2.26. The molecule has 2 rings (SSSR count). The van der Waals surface area contributed by atoms with Gasteiger partial charge < -0.3 is 15.4 Å². The Hall–Kier alpha value is -3.26. The maximum atomic E-state index is 12.2. The molecule has 0 bridgehead atoms. The maximum Gasteiger partial charge on any atom is 0.337 e. The van der Waals surface area contributed by atoms with Gasteiger partial charge >= 0.3 is 5.97 Å². The van der Waals surface area contributed by atoms with Crippen LogP contribution in [0.3, 0.4) is 0 Å². The van der Waals surface area contributed by atoms with E-state index >= 15 is 0 Å². The number of thiocarbonyl (C=S) groups is 1. The van der Waals surface area contributed by atoms with Gasteiger partial charge in [-0.2, -0.15) is 0 Å². The lowest BCUT2D eigenvalue weighted by molar-refractivity contribution is 0.0600. The van der Waals surface area contributed by atoms with E-state index in [0.717, 1.165) is 6.42 Å². The lowest BCUT2D eigenvalue weighted by Crippen LogP contribution is -2.34. The average Bonchev–Trinajstić information content (AvgIpc) is 2.71. The van der Waals surface area contributed by atoms with Crippen molar-refractivity contribution in [3.05, 3.63) is 65.2 Å². The van der Waals surface area contributed by atoms with Gasteiger partial charge in [-0.05, 0) is 67.2 Å². The number of carbonyl (C=O) groups excluding carboxylic acids is 3. The molecule has 0 saturated heterocycles. The first-order valence-corrected chi connectivity index (χ1v) is 9.04. The summed E-state index contributed by atoms with van der Waals surface area (Å²) in [6.45, 7) is 2.60. The Kier molecular flexibility index (Phi) is 7.65. The Labute approximate surface area is 168 Å². The Bertz CT molecular complexity index is 864. The molecule has 0 radical (unpaired) electrons. The zero-order valence-corrected chi connectivity index (χ0v) is 16.4. The monoisotopic (exact) mass is 399 g/mol. The minimum absolute atomic E-state index is 0.116. The molecule has 0 fully saturated rings. The van der Waals surface area contributed by atoms with Gasteiger partial charge in [-0.1, -0.05) is 6.92 Å². The zero-order chi connectivity index (χ0) is 20.5. The summed E-state index contributed by atoms with van der Waals surface area (Å²) < 4.78 is 4.61. The van der Waals surface area contributed by atoms with Crippen molar-refractivity contribution in [3.8, 4) is 0 Å². The van der Waals surface area contributed by atoms with Gasteiger partial charge in [0.2, 0.25) is 0 Å². The molecule has 2 aromatic rings. The summed E-state index contributed by atoms with van der Waals surface area (Å²) in [7, 11) is 1.29. The molecule has 0 spiro atoms. The summed E-state index contributed by atoms with van der Waals surface area (Å²) >= 11 is 5.14. The molecule has 0 unspecified atom stereocenters. The van der Waals surface area contributed by atoms with Crippen molar-refractivity contribution in [1.82, 2.24) is 10.6 Å². The summed E-state index contributed by atoms with van der Waals surface area (Å²) in [5.41, 5.74) is 1.88. The second kappa shape index (κ2) is 10.2. The normalized spacial score (nSPS) is 9.93. The van der Waals surface area contributed by atoms with Crippen LogP contribution in [0.4, 0.5) is 5.69 Å². The van der Waals surface area contributed by atoms with Crippen LogP contribution in [0.1, 0.15) is 44.4 Å². The van der Waals surface area contributed by atoms with Gasteiger partial charge in [0.25, 0.3) is 11.8 Å². The number of ether oxygens (including phenoxy) is 1. The number of methoxy groups -OCH3 is 1. The van der Waals surface area contributed by atoms with E-state index in [2.05, 4.69) is 20.7 Å². The molecule has 0 atom stereocenters. The quantitative estimate of drug-likeness (QED) is 0.511. The van der Waals surface area contributed by atoms with Crippen LogP contribution in [0.2, 0.25) is 0 Å². The molecule has 2 aromatic carbocycles. The number of amides is 2. The van der Waals surface area contributed by atoms with Crippen molar-refractivity contribution in [2.45, 2.75) is 13.3 Å². The molecule has 0 aromatic heterocycles. The van der Waals surface area contributed by atoms with Crippen LogP contribution in [0.5, 0.6) is 0 Å². The predicted octanol–water partition coefficient (Wildman–Crippen LogP) is 2.74. The highest BCUT2D eigenvalue weighted by Gasteiger charge is 2.11. The van der Waals surface area contributed by atoms with Crippen LogP contribution in [-0.2, 0) is 4.74 Å². The highest BCUT2D eigenvalue weighted by atomic mass is 32.1. The molecular formula is C20H21N3O4S. The number of esters is 1. The molecule has 3 N–H and O–H groups in total. The Morgan fingerprint density at radius 1 is 0.893 bits per heavy atom. The largest absolute Gasteiger partial charge is 0.465 e. The third kappa shape index (κ3) is 5.88. The van der Waals surface area contributed by atoms with E-state index in [9.17, 15) is 14.4 Å². The highest BCUT2D eigenvalue weighted by molar-refractivity contribution is 7.80. The second-order valence-corrected chi connectivity index (χ2v) is 6.22. The number of hydrogen-bond donors (Lipinski definition) is 3. The highest BCUT2D eigenvalue weighted by Crippen LogP contribution is 2.10. The van der Waals surface area contributed by atoms with E-state index in [4.69, 9.17) is 12.2 Å². The first kappa shape index (κ1) is 21.0. The third-order valence-electron chi connectivity index (χ3n) is 3.74. The van der Waals surface area contributed by atoms with E-state index in [1.54, 1.807) is 24.3 Å². The predicted molar refractivity (Wildman–Crippen MR) is 111 cm³/mol. The Morgan fingerprint density at radius 3 is 2.00 bits per heavy atom. The molecule has 7 nitrogen and oxygen atoms in total. The fourth-order valence-corrected chi connectivity index (χ4v) is 2.47. The van der Waals surface area contributed by atoms with E-state index in [-0.39, 0.29) is 11.0 Å². The molecule has 8 heteroatoms. The summed E-state index contributed by atoms with van der Waals surface area (Å²) in [6.07, 6.45) is 0.866. The zero-order valence-electron chi connectivity index (χ0n) is 15.6. The van der Waals surface area contributed by atoms with E-state index < -0.39 is 11.9 Å². The topological polar surface area (TPSA) is 96.5 Å². The van der Waals surface area contributed by atoms with Gasteiger partial charge in [0.05, 0.1) is 12.7 Å². The minimum atomic E-state index is -0.476. The summed E-state index contributed by atoms with van der Waals surface area (Å²) in [5, 5.41) is 8.36.